The van der Waals surface area contributed by atoms with Gasteiger partial charge < -0.3 is 15.0 Å². The number of Topliss-reactive ketones (excluding diaryl/α,β-unsaturated/α-hetero) is 1. The van der Waals surface area contributed by atoms with Crippen molar-refractivity contribution in [1.29, 1.82) is 0 Å². The van der Waals surface area contributed by atoms with Crippen molar-refractivity contribution >= 4 is 17.7 Å². The van der Waals surface area contributed by atoms with Crippen LogP contribution in [0.3, 0.4) is 0 Å². The number of aromatic amines is 1. The lowest BCUT2D eigenvalue weighted by Gasteiger charge is -2.09. The van der Waals surface area contributed by atoms with Crippen LogP contribution in [0.2, 0.25) is 0 Å². The highest BCUT2D eigenvalue weighted by Gasteiger charge is 2.26. The maximum Gasteiger partial charge on any atom is 0.305 e. The van der Waals surface area contributed by atoms with E-state index in [0.717, 1.165) is 24.1 Å². The Morgan fingerprint density at radius 3 is 2.76 bits per heavy atom. The molecule has 1 amide bonds. The van der Waals surface area contributed by atoms with Crippen molar-refractivity contribution in [2.24, 2.45) is 0 Å². The normalized spacial score (nSPS) is 13.7. The van der Waals surface area contributed by atoms with Crippen LogP contribution in [0.4, 0.5) is 0 Å². The molecule has 1 aromatic heterocycles. The van der Waals surface area contributed by atoms with E-state index in [1.54, 1.807) is 6.92 Å². The number of nitrogens with one attached hydrogen (secondary N) is 2. The van der Waals surface area contributed by atoms with Gasteiger partial charge in [0, 0.05) is 30.6 Å². The molecular formula is C15H20N2O4. The molecule has 0 saturated carbocycles. The summed E-state index contributed by atoms with van der Waals surface area (Å²) in [6.45, 7) is 2.19. The SMILES string of the molecule is COC(=O)CCCNC(=O)c1[nH]c2c(c1C)C(=O)CCC2. The van der Waals surface area contributed by atoms with Gasteiger partial charge in [-0.2, -0.15) is 0 Å². The smallest absolute Gasteiger partial charge is 0.305 e. The number of H-pyrrole nitrogens is 1. The fourth-order valence-electron chi connectivity index (χ4n) is 2.63. The highest BCUT2D eigenvalue weighted by molar-refractivity contribution is 6.04. The van der Waals surface area contributed by atoms with Crippen molar-refractivity contribution < 1.29 is 19.1 Å². The number of esters is 1. The van der Waals surface area contributed by atoms with Crippen molar-refractivity contribution in [2.75, 3.05) is 13.7 Å². The van der Waals surface area contributed by atoms with Gasteiger partial charge in [0.2, 0.25) is 0 Å². The van der Waals surface area contributed by atoms with Crippen LogP contribution in [0.25, 0.3) is 0 Å². The molecule has 0 unspecified atom stereocenters. The zero-order chi connectivity index (χ0) is 15.4. The molecule has 2 rings (SSSR count). The van der Waals surface area contributed by atoms with Gasteiger partial charge in [0.25, 0.3) is 5.91 Å². The third kappa shape index (κ3) is 3.32. The highest BCUT2D eigenvalue weighted by Crippen LogP contribution is 2.26. The number of amides is 1. The molecule has 1 heterocycles. The van der Waals surface area contributed by atoms with Crippen LogP contribution in [0.1, 0.15) is 57.8 Å². The van der Waals surface area contributed by atoms with E-state index < -0.39 is 0 Å². The molecule has 0 bridgehead atoms. The Labute approximate surface area is 123 Å². The van der Waals surface area contributed by atoms with E-state index in [0.29, 0.717) is 30.6 Å². The summed E-state index contributed by atoms with van der Waals surface area (Å²) < 4.78 is 4.53. The number of methoxy groups -OCH3 is 1. The average molecular weight is 292 g/mol. The Hall–Kier alpha value is -2.11. The average Bonchev–Trinajstić information content (AvgIpc) is 2.81. The van der Waals surface area contributed by atoms with E-state index in [1.165, 1.54) is 7.11 Å². The monoisotopic (exact) mass is 292 g/mol. The van der Waals surface area contributed by atoms with Crippen LogP contribution in [-0.2, 0) is 16.0 Å². The number of carbonyl (C=O) groups is 3. The Morgan fingerprint density at radius 1 is 1.33 bits per heavy atom. The second-order valence-electron chi connectivity index (χ2n) is 5.19. The standard InChI is InChI=1S/C15H20N2O4/c1-9-13-10(5-3-6-11(13)18)17-14(9)15(20)16-8-4-7-12(19)21-2/h17H,3-8H2,1-2H3,(H,16,20). The lowest BCUT2D eigenvalue weighted by atomic mass is 9.94. The first-order chi connectivity index (χ1) is 10.0. The Bertz CT molecular complexity index is 574. The zero-order valence-electron chi connectivity index (χ0n) is 12.4. The minimum atomic E-state index is -0.290. The molecule has 6 heteroatoms. The molecule has 6 nitrogen and oxygen atoms in total. The highest BCUT2D eigenvalue weighted by atomic mass is 16.5. The first-order valence-corrected chi connectivity index (χ1v) is 7.14. The molecule has 0 aromatic carbocycles. The number of hydrogen-bond donors (Lipinski definition) is 2. The summed E-state index contributed by atoms with van der Waals surface area (Å²) in [5, 5.41) is 2.75. The van der Waals surface area contributed by atoms with E-state index in [4.69, 9.17) is 0 Å². The van der Waals surface area contributed by atoms with Crippen molar-refractivity contribution in [3.63, 3.8) is 0 Å². The number of hydrogen-bond acceptors (Lipinski definition) is 4. The predicted octanol–water partition coefficient (Wildman–Crippen LogP) is 1.53. The largest absolute Gasteiger partial charge is 0.469 e. The maximum atomic E-state index is 12.1. The van der Waals surface area contributed by atoms with E-state index in [2.05, 4.69) is 15.0 Å². The molecule has 114 valence electrons. The second kappa shape index (κ2) is 6.56. The molecular weight excluding hydrogens is 272 g/mol. The molecule has 2 N–H and O–H groups in total. The lowest BCUT2D eigenvalue weighted by molar-refractivity contribution is -0.140. The maximum absolute atomic E-state index is 12.1. The molecule has 0 spiro atoms. The molecule has 0 atom stereocenters. The van der Waals surface area contributed by atoms with Crippen LogP contribution in [0.5, 0.6) is 0 Å². The van der Waals surface area contributed by atoms with Gasteiger partial charge in [0.15, 0.2) is 5.78 Å². The van der Waals surface area contributed by atoms with E-state index >= 15 is 0 Å². The number of ether oxygens (including phenoxy) is 1. The first kappa shape index (κ1) is 15.3. The van der Waals surface area contributed by atoms with Gasteiger partial charge in [-0.1, -0.05) is 0 Å². The van der Waals surface area contributed by atoms with E-state index in [9.17, 15) is 14.4 Å². The molecule has 1 aromatic rings. The molecule has 21 heavy (non-hydrogen) atoms. The van der Waals surface area contributed by atoms with E-state index in [-0.39, 0.29) is 24.1 Å². The molecule has 0 radical (unpaired) electrons. The minimum absolute atomic E-state index is 0.106. The third-order valence-electron chi connectivity index (χ3n) is 3.74. The lowest BCUT2D eigenvalue weighted by Crippen LogP contribution is -2.26. The number of rotatable bonds is 5. The minimum Gasteiger partial charge on any atom is -0.469 e. The number of aryl methyl sites for hydroxylation is 1. The summed E-state index contributed by atoms with van der Waals surface area (Å²) in [7, 11) is 1.34. The second-order valence-corrected chi connectivity index (χ2v) is 5.19. The fourth-order valence-corrected chi connectivity index (χ4v) is 2.63. The molecule has 0 saturated heterocycles. The van der Waals surface area contributed by atoms with Crippen LogP contribution in [0, 0.1) is 6.92 Å². The number of aromatic nitrogens is 1. The predicted molar refractivity (Wildman–Crippen MR) is 76.4 cm³/mol. The van der Waals surface area contributed by atoms with E-state index in [1.807, 2.05) is 0 Å². The molecule has 0 aliphatic heterocycles. The Kier molecular flexibility index (Phi) is 4.77. The van der Waals surface area contributed by atoms with Gasteiger partial charge in [0.1, 0.15) is 5.69 Å². The van der Waals surface area contributed by atoms with Gasteiger partial charge in [-0.05, 0) is 31.7 Å². The summed E-state index contributed by atoms with van der Waals surface area (Å²) >= 11 is 0. The van der Waals surface area contributed by atoms with Gasteiger partial charge in [0.05, 0.1) is 7.11 Å². The Balaban J connectivity index is 1.97. The molecule has 1 aliphatic rings. The van der Waals surface area contributed by atoms with Crippen LogP contribution < -0.4 is 5.32 Å². The number of ketones is 1. The van der Waals surface area contributed by atoms with Gasteiger partial charge in [-0.25, -0.2) is 0 Å². The molecule has 0 fully saturated rings. The third-order valence-corrected chi connectivity index (χ3v) is 3.74. The number of carbonyl (C=O) groups excluding carboxylic acids is 3. The Morgan fingerprint density at radius 2 is 2.10 bits per heavy atom. The summed E-state index contributed by atoms with van der Waals surface area (Å²) in [6.07, 6.45) is 2.97. The van der Waals surface area contributed by atoms with Crippen LogP contribution in [0.15, 0.2) is 0 Å². The summed E-state index contributed by atoms with van der Waals surface area (Å²) in [5.74, 6) is -0.421. The quantitative estimate of drug-likeness (QED) is 0.636. The van der Waals surface area contributed by atoms with Crippen LogP contribution >= 0.6 is 0 Å². The summed E-state index contributed by atoms with van der Waals surface area (Å²) in [4.78, 5) is 38.1. The number of fused-ring (bicyclic) bond motifs is 1. The first-order valence-electron chi connectivity index (χ1n) is 7.14. The summed E-state index contributed by atoms with van der Waals surface area (Å²) in [6, 6.07) is 0. The molecule has 1 aliphatic carbocycles. The van der Waals surface area contributed by atoms with Crippen molar-refractivity contribution in [2.45, 2.75) is 39.0 Å². The van der Waals surface area contributed by atoms with Gasteiger partial charge in [-0.15, -0.1) is 0 Å². The van der Waals surface area contributed by atoms with Crippen molar-refractivity contribution in [3.05, 3.63) is 22.5 Å². The summed E-state index contributed by atoms with van der Waals surface area (Å²) in [5.41, 5.74) is 2.72. The van der Waals surface area contributed by atoms with Crippen molar-refractivity contribution in [3.8, 4) is 0 Å². The van der Waals surface area contributed by atoms with Gasteiger partial charge >= 0.3 is 5.97 Å². The zero-order valence-corrected chi connectivity index (χ0v) is 12.4. The topological polar surface area (TPSA) is 88.3 Å². The van der Waals surface area contributed by atoms with Crippen LogP contribution in [-0.4, -0.2) is 36.3 Å². The van der Waals surface area contributed by atoms with Crippen molar-refractivity contribution in [1.82, 2.24) is 10.3 Å². The van der Waals surface area contributed by atoms with Gasteiger partial charge in [-0.3, -0.25) is 14.4 Å². The fraction of sp³-hybridized carbons (Fsp3) is 0.533.